The Balaban J connectivity index is 1.28. The van der Waals surface area contributed by atoms with E-state index in [9.17, 15) is 20.2 Å². The fraction of sp³-hybridized carbons (Fsp3) is 0.600. The molecule has 7 rings (SSSR count). The monoisotopic (exact) mass is 796 g/mol. The number of aliphatic hydroxyl groups excluding tert-OH is 1. The fourth-order valence-corrected chi connectivity index (χ4v) is 10.2. The van der Waals surface area contributed by atoms with Gasteiger partial charge in [-0.05, 0) is 107 Å². The van der Waals surface area contributed by atoms with Gasteiger partial charge in [-0.3, -0.25) is 14.4 Å². The smallest absolute Gasteiger partial charge is 0.251 e. The summed E-state index contributed by atoms with van der Waals surface area (Å²) in [7, 11) is 9.67. The van der Waals surface area contributed by atoms with Crippen LogP contribution >= 0.6 is 0 Å². The number of ether oxygens (including phenoxy) is 1. The molecule has 13 nitrogen and oxygen atoms in total. The van der Waals surface area contributed by atoms with E-state index in [1.165, 1.54) is 6.42 Å². The highest BCUT2D eigenvalue weighted by Crippen LogP contribution is 2.61. The molecule has 2 aromatic rings. The van der Waals surface area contributed by atoms with E-state index < -0.39 is 24.2 Å². The lowest BCUT2D eigenvalue weighted by Crippen LogP contribution is -2.62. The second-order valence-electron chi connectivity index (χ2n) is 18.1. The number of nitrogens with one attached hydrogen (secondary N) is 2. The van der Waals surface area contributed by atoms with Crippen LogP contribution < -0.4 is 15.4 Å². The summed E-state index contributed by atoms with van der Waals surface area (Å²) in [5.74, 6) is 1.05. The summed E-state index contributed by atoms with van der Waals surface area (Å²) in [4.78, 5) is 42.1. The number of carbonyl (C=O) groups is 2. The van der Waals surface area contributed by atoms with Crippen LogP contribution in [0.15, 0.2) is 71.4 Å². The molecule has 5 aliphatic rings. The van der Waals surface area contributed by atoms with Crippen molar-refractivity contribution in [2.75, 3.05) is 48.4 Å². The number of aliphatic hydroxyl groups is 1. The Morgan fingerprint density at radius 1 is 1.12 bits per heavy atom. The van der Waals surface area contributed by atoms with Gasteiger partial charge >= 0.3 is 0 Å². The molecular weight excluding hydrogens is 733 g/mol. The molecule has 0 spiro atoms. The zero-order valence-electron chi connectivity index (χ0n) is 35.8. The number of para-hydroxylation sites is 1. The molecule has 1 unspecified atom stereocenters. The molecular formula is C45H64N8O5. The number of hydroxylamine groups is 2. The first-order valence-corrected chi connectivity index (χ1v) is 20.8. The van der Waals surface area contributed by atoms with E-state index in [1.54, 1.807) is 19.1 Å². The highest BCUT2D eigenvalue weighted by molar-refractivity contribution is 5.99. The first-order chi connectivity index (χ1) is 27.6. The van der Waals surface area contributed by atoms with Gasteiger partial charge in [0, 0.05) is 52.2 Å². The summed E-state index contributed by atoms with van der Waals surface area (Å²) in [5, 5.41) is 23.3. The Morgan fingerprint density at radius 3 is 2.48 bits per heavy atom. The molecule has 58 heavy (non-hydrogen) atoms. The topological polar surface area (TPSA) is 155 Å². The summed E-state index contributed by atoms with van der Waals surface area (Å²) >= 11 is 0. The Morgan fingerprint density at radius 2 is 1.86 bits per heavy atom. The molecule has 1 saturated heterocycles. The van der Waals surface area contributed by atoms with Crippen molar-refractivity contribution in [1.82, 2.24) is 25.5 Å². The Hall–Kier alpha value is -4.23. The van der Waals surface area contributed by atoms with Gasteiger partial charge in [0.1, 0.15) is 11.8 Å². The number of rotatable bonds is 16. The summed E-state index contributed by atoms with van der Waals surface area (Å²) in [5.41, 5.74) is 13.8. The predicted octanol–water partition coefficient (Wildman–Crippen LogP) is 5.61. The Bertz CT molecular complexity index is 1890. The first-order valence-electron chi connectivity index (χ1n) is 20.8. The number of hydrogen-bond acceptors (Lipinski definition) is 9. The molecule has 4 aliphatic carbocycles. The van der Waals surface area contributed by atoms with Gasteiger partial charge in [-0.25, -0.2) is 0 Å². The van der Waals surface area contributed by atoms with Crippen LogP contribution in [0.2, 0.25) is 0 Å². The van der Waals surface area contributed by atoms with Crippen LogP contribution in [0.3, 0.4) is 0 Å². The maximum Gasteiger partial charge on any atom is 0.251 e. The molecule has 13 heteroatoms. The SMILES string of the molecule is COc1c(CN2O[C@@H](CN=[N+]=[N-])[C@@H]([C@H](C)O)[C@H]2C(=O)N[C@H]2C[C@H]3C[C@@H]([C@@H]2C)C3(C)C)cccc1C1=CC(C(=O)N[C@@H](Cc2ccccc2)CN(C)C)=CC(N(C)C)C1. The van der Waals surface area contributed by atoms with Gasteiger partial charge in [0.25, 0.3) is 5.91 Å². The molecule has 4 fully saturated rings. The number of methoxy groups -OCH3 is 1. The minimum absolute atomic E-state index is 0.0219. The molecule has 3 saturated carbocycles. The van der Waals surface area contributed by atoms with Crippen LogP contribution in [0.25, 0.3) is 16.0 Å². The molecule has 0 aromatic heterocycles. The lowest BCUT2D eigenvalue weighted by Gasteiger charge is -2.62. The molecule has 2 bridgehead atoms. The van der Waals surface area contributed by atoms with Gasteiger partial charge in [-0.1, -0.05) is 80.5 Å². The fourth-order valence-electron chi connectivity index (χ4n) is 10.2. The van der Waals surface area contributed by atoms with Crippen LogP contribution in [0, 0.1) is 29.1 Å². The number of fused-ring (bicyclic) bond motifs is 2. The Kier molecular flexibility index (Phi) is 13.7. The number of benzene rings is 2. The highest BCUT2D eigenvalue weighted by Gasteiger charge is 2.57. The van der Waals surface area contributed by atoms with E-state index in [0.717, 1.165) is 28.7 Å². The summed E-state index contributed by atoms with van der Waals surface area (Å²) in [6.07, 6.45) is 5.84. The predicted molar refractivity (Wildman–Crippen MR) is 226 cm³/mol. The lowest BCUT2D eigenvalue weighted by molar-refractivity contribution is -0.175. The van der Waals surface area contributed by atoms with Crippen molar-refractivity contribution in [1.29, 1.82) is 0 Å². The van der Waals surface area contributed by atoms with E-state index in [4.69, 9.17) is 9.57 Å². The second-order valence-corrected chi connectivity index (χ2v) is 18.1. The molecule has 2 amide bonds. The quantitative estimate of drug-likeness (QED) is 0.113. The average Bonchev–Trinajstić information content (AvgIpc) is 3.55. The summed E-state index contributed by atoms with van der Waals surface area (Å²) in [6, 6.07) is 15.1. The third-order valence-corrected chi connectivity index (χ3v) is 13.5. The van der Waals surface area contributed by atoms with Gasteiger partial charge in [-0.2, -0.15) is 5.06 Å². The van der Waals surface area contributed by atoms with E-state index in [1.807, 2.05) is 76.7 Å². The van der Waals surface area contributed by atoms with Crippen LogP contribution in [0.5, 0.6) is 5.75 Å². The van der Waals surface area contributed by atoms with Gasteiger partial charge < -0.3 is 30.3 Å². The number of carbonyl (C=O) groups excluding carboxylic acids is 2. The molecule has 2 aromatic carbocycles. The maximum atomic E-state index is 14.4. The van der Waals surface area contributed by atoms with Gasteiger partial charge in [0.05, 0.1) is 32.4 Å². The molecule has 3 N–H and O–H groups in total. The van der Waals surface area contributed by atoms with Gasteiger partial charge in [0.2, 0.25) is 5.91 Å². The second kappa shape index (κ2) is 18.4. The average molecular weight is 797 g/mol. The normalized spacial score (nSPS) is 28.8. The maximum absolute atomic E-state index is 14.4. The van der Waals surface area contributed by atoms with Crippen LogP contribution in [0.4, 0.5) is 0 Å². The third-order valence-electron chi connectivity index (χ3n) is 13.5. The Labute approximate surface area is 344 Å². The first kappa shape index (κ1) is 43.4. The zero-order valence-corrected chi connectivity index (χ0v) is 35.8. The summed E-state index contributed by atoms with van der Waals surface area (Å²) < 4.78 is 6.16. The van der Waals surface area contributed by atoms with Crippen molar-refractivity contribution in [2.24, 2.45) is 34.2 Å². The van der Waals surface area contributed by atoms with Crippen molar-refractivity contribution in [2.45, 2.75) is 96.3 Å². The number of hydrogen-bond donors (Lipinski definition) is 3. The van der Waals surface area contributed by atoms with E-state index >= 15 is 0 Å². The van der Waals surface area contributed by atoms with Crippen molar-refractivity contribution in [3.63, 3.8) is 0 Å². The molecule has 1 aliphatic heterocycles. The van der Waals surface area contributed by atoms with Gasteiger partial charge in [-0.15, -0.1) is 0 Å². The van der Waals surface area contributed by atoms with E-state index in [-0.39, 0.29) is 48.4 Å². The number of nitrogens with zero attached hydrogens (tertiary/aromatic N) is 6. The standard InChI is InChI=1S/C45H64N8O5/c1-27-37-22-33(45(37,3)4)23-38(27)49-44(56)41-40(28(2)54)39(24-47-50-46)58-53(41)25-30-16-13-17-36(42(30)57-9)31-19-32(21-35(20-31)52(7)8)43(55)48-34(26-51(5)6)18-29-14-11-10-12-15-29/h10-17,19,21,27-28,33-35,37-41,54H,18,20,22-26H2,1-9H3,(H,48,55)(H,49,56)/t27-,28-,33+,34-,35?,37-,38-,39-,40+,41-/m0/s1. The minimum Gasteiger partial charge on any atom is -0.496 e. The van der Waals surface area contributed by atoms with Gasteiger partial charge in [0.15, 0.2) is 0 Å². The third kappa shape index (κ3) is 9.30. The van der Waals surface area contributed by atoms with Crippen molar-refractivity contribution >= 4 is 17.4 Å². The molecule has 0 radical (unpaired) electrons. The highest BCUT2D eigenvalue weighted by atomic mass is 16.7. The minimum atomic E-state index is -0.916. The number of amides is 2. The van der Waals surface area contributed by atoms with E-state index in [2.05, 4.69) is 63.4 Å². The van der Waals surface area contributed by atoms with Crippen molar-refractivity contribution < 1.29 is 24.3 Å². The van der Waals surface area contributed by atoms with Crippen molar-refractivity contribution in [3.8, 4) is 5.75 Å². The molecule has 314 valence electrons. The largest absolute Gasteiger partial charge is 0.496 e. The number of azide groups is 1. The van der Waals surface area contributed by atoms with Crippen LogP contribution in [-0.2, 0) is 27.4 Å². The van der Waals surface area contributed by atoms with E-state index in [0.29, 0.717) is 48.5 Å². The van der Waals surface area contributed by atoms with Crippen LogP contribution in [-0.4, -0.2) is 117 Å². The lowest BCUT2D eigenvalue weighted by atomic mass is 9.45. The van der Waals surface area contributed by atoms with Crippen LogP contribution in [0.1, 0.15) is 63.6 Å². The molecule has 10 atom stereocenters. The number of likely N-dealkylation sites (N-methyl/N-ethyl adjacent to an activating group) is 2. The van der Waals surface area contributed by atoms with Crippen molar-refractivity contribution in [3.05, 3.63) is 93.4 Å². The molecule has 1 heterocycles. The zero-order chi connectivity index (χ0) is 41.9. The summed E-state index contributed by atoms with van der Waals surface area (Å²) in [6.45, 7) is 9.40.